The molecule has 0 aliphatic carbocycles. The number of para-hydroxylation sites is 1. The molecule has 92 valence electrons. The predicted molar refractivity (Wildman–Crippen MR) is 71.6 cm³/mol. The minimum atomic E-state index is -0.459. The number of aliphatic hydroxyl groups excluding tert-OH is 1. The molecule has 1 aromatic heterocycles. The molecule has 1 atom stereocenters. The molecule has 0 saturated heterocycles. The fraction of sp³-hybridized carbons (Fsp3) is 0.267. The Bertz CT molecular complexity index is 527. The summed E-state index contributed by atoms with van der Waals surface area (Å²) in [5, 5.41) is 10.2. The zero-order chi connectivity index (χ0) is 12.4. The van der Waals surface area contributed by atoms with Gasteiger partial charge >= 0.3 is 0 Å². The van der Waals surface area contributed by atoms with E-state index < -0.39 is 6.10 Å². The maximum absolute atomic E-state index is 10.2. The lowest BCUT2D eigenvalue weighted by Gasteiger charge is -2.23. The van der Waals surface area contributed by atoms with E-state index in [1.807, 2.05) is 12.1 Å². The summed E-state index contributed by atoms with van der Waals surface area (Å²) >= 11 is 0. The summed E-state index contributed by atoms with van der Waals surface area (Å²) in [5.74, 6) is 0. The molecule has 0 amide bonds. The van der Waals surface area contributed by atoms with Gasteiger partial charge in [0.2, 0.25) is 0 Å². The van der Waals surface area contributed by atoms with Crippen LogP contribution in [0.2, 0.25) is 0 Å². The van der Waals surface area contributed by atoms with Crippen molar-refractivity contribution < 1.29 is 5.11 Å². The first-order valence-electron chi connectivity index (χ1n) is 6.25. The summed E-state index contributed by atoms with van der Waals surface area (Å²) in [5.41, 5.74) is 3.56. The van der Waals surface area contributed by atoms with Gasteiger partial charge in [-0.05, 0) is 35.7 Å². The van der Waals surface area contributed by atoms with Crippen LogP contribution in [0.3, 0.4) is 0 Å². The number of pyridine rings is 1. The van der Waals surface area contributed by atoms with Crippen LogP contribution in [0.4, 0.5) is 5.69 Å². The van der Waals surface area contributed by atoms with Crippen LogP contribution in [0, 0.1) is 0 Å². The molecule has 3 nitrogen and oxygen atoms in total. The fourth-order valence-electron chi connectivity index (χ4n) is 2.50. The highest BCUT2D eigenvalue weighted by molar-refractivity contribution is 5.57. The number of aromatic nitrogens is 1. The third-order valence-electron chi connectivity index (χ3n) is 3.47. The van der Waals surface area contributed by atoms with Crippen LogP contribution < -0.4 is 4.90 Å². The molecule has 1 unspecified atom stereocenters. The van der Waals surface area contributed by atoms with E-state index in [0.29, 0.717) is 6.54 Å². The largest absolute Gasteiger partial charge is 0.387 e. The predicted octanol–water partition coefficient (Wildman–Crippen LogP) is 2.18. The Kier molecular flexibility index (Phi) is 2.99. The molecule has 1 aliphatic heterocycles. The van der Waals surface area contributed by atoms with Crippen molar-refractivity contribution in [3.8, 4) is 0 Å². The molecule has 0 fully saturated rings. The van der Waals surface area contributed by atoms with E-state index in [1.54, 1.807) is 12.4 Å². The number of rotatable bonds is 3. The average Bonchev–Trinajstić information content (AvgIpc) is 2.83. The third kappa shape index (κ3) is 2.09. The molecule has 2 aromatic rings. The van der Waals surface area contributed by atoms with Gasteiger partial charge in [0.15, 0.2) is 0 Å². The van der Waals surface area contributed by atoms with E-state index in [2.05, 4.69) is 34.1 Å². The van der Waals surface area contributed by atoms with E-state index >= 15 is 0 Å². The van der Waals surface area contributed by atoms with Crippen molar-refractivity contribution >= 4 is 5.69 Å². The lowest BCUT2D eigenvalue weighted by molar-refractivity contribution is 0.184. The molecule has 0 bridgehead atoms. The van der Waals surface area contributed by atoms with Gasteiger partial charge in [-0.3, -0.25) is 4.98 Å². The number of aliphatic hydroxyl groups is 1. The van der Waals surface area contributed by atoms with Gasteiger partial charge in [0.05, 0.1) is 6.10 Å². The maximum Gasteiger partial charge on any atom is 0.0965 e. The van der Waals surface area contributed by atoms with E-state index in [9.17, 15) is 5.11 Å². The minimum Gasteiger partial charge on any atom is -0.387 e. The van der Waals surface area contributed by atoms with Gasteiger partial charge in [-0.15, -0.1) is 0 Å². The molecule has 1 N–H and O–H groups in total. The second kappa shape index (κ2) is 4.78. The Balaban J connectivity index is 1.75. The summed E-state index contributed by atoms with van der Waals surface area (Å²) < 4.78 is 0. The molecular formula is C15H16N2O. The Morgan fingerprint density at radius 3 is 2.78 bits per heavy atom. The number of anilines is 1. The minimum absolute atomic E-state index is 0.459. The van der Waals surface area contributed by atoms with Crippen molar-refractivity contribution in [3.63, 3.8) is 0 Å². The highest BCUT2D eigenvalue weighted by atomic mass is 16.3. The third-order valence-corrected chi connectivity index (χ3v) is 3.47. The van der Waals surface area contributed by atoms with Crippen molar-refractivity contribution in [1.82, 2.24) is 4.98 Å². The zero-order valence-electron chi connectivity index (χ0n) is 10.2. The number of hydrogen-bond donors (Lipinski definition) is 1. The maximum atomic E-state index is 10.2. The van der Waals surface area contributed by atoms with Gasteiger partial charge in [0, 0.05) is 31.2 Å². The van der Waals surface area contributed by atoms with Crippen LogP contribution in [0.25, 0.3) is 0 Å². The summed E-state index contributed by atoms with van der Waals surface area (Å²) in [6.45, 7) is 1.63. The van der Waals surface area contributed by atoms with Crippen molar-refractivity contribution in [2.24, 2.45) is 0 Å². The van der Waals surface area contributed by atoms with E-state index in [0.717, 1.165) is 18.5 Å². The topological polar surface area (TPSA) is 36.4 Å². The van der Waals surface area contributed by atoms with Crippen LogP contribution >= 0.6 is 0 Å². The molecule has 3 heteroatoms. The first kappa shape index (κ1) is 11.2. The number of hydrogen-bond acceptors (Lipinski definition) is 3. The Labute approximate surface area is 107 Å². The monoisotopic (exact) mass is 240 g/mol. The molecule has 1 aromatic carbocycles. The lowest BCUT2D eigenvalue weighted by atomic mass is 10.1. The van der Waals surface area contributed by atoms with Crippen molar-refractivity contribution in [3.05, 3.63) is 59.9 Å². The van der Waals surface area contributed by atoms with E-state index in [1.165, 1.54) is 11.3 Å². The summed E-state index contributed by atoms with van der Waals surface area (Å²) in [6.07, 6.45) is 4.05. The number of nitrogens with zero attached hydrogens (tertiary/aromatic N) is 2. The molecule has 0 saturated carbocycles. The smallest absolute Gasteiger partial charge is 0.0965 e. The molecule has 3 rings (SSSR count). The second-order valence-corrected chi connectivity index (χ2v) is 4.62. The lowest BCUT2D eigenvalue weighted by Crippen LogP contribution is -2.26. The molecule has 18 heavy (non-hydrogen) atoms. The van der Waals surface area contributed by atoms with Crippen LogP contribution in [0.15, 0.2) is 48.8 Å². The normalized spacial score (nSPS) is 15.5. The molecule has 0 radical (unpaired) electrons. The first-order chi connectivity index (χ1) is 8.84. The van der Waals surface area contributed by atoms with Crippen LogP contribution in [-0.4, -0.2) is 23.2 Å². The molecule has 1 aliphatic rings. The van der Waals surface area contributed by atoms with E-state index in [4.69, 9.17) is 0 Å². The standard InChI is InChI=1S/C15H16N2O/c18-15(13-5-8-16-9-6-13)11-17-10-7-12-3-1-2-4-14(12)17/h1-6,8-9,15,18H,7,10-11H2. The summed E-state index contributed by atoms with van der Waals surface area (Å²) in [7, 11) is 0. The fourth-order valence-corrected chi connectivity index (χ4v) is 2.50. The highest BCUT2D eigenvalue weighted by Gasteiger charge is 2.21. The van der Waals surface area contributed by atoms with E-state index in [-0.39, 0.29) is 0 Å². The Morgan fingerprint density at radius 1 is 1.17 bits per heavy atom. The second-order valence-electron chi connectivity index (χ2n) is 4.62. The first-order valence-corrected chi connectivity index (χ1v) is 6.25. The van der Waals surface area contributed by atoms with Crippen LogP contribution in [0.5, 0.6) is 0 Å². The van der Waals surface area contributed by atoms with Crippen LogP contribution in [0.1, 0.15) is 17.2 Å². The van der Waals surface area contributed by atoms with Gasteiger partial charge in [0.25, 0.3) is 0 Å². The average molecular weight is 240 g/mol. The molecule has 0 spiro atoms. The van der Waals surface area contributed by atoms with Crippen molar-refractivity contribution in [2.45, 2.75) is 12.5 Å². The Morgan fingerprint density at radius 2 is 1.94 bits per heavy atom. The van der Waals surface area contributed by atoms with Gasteiger partial charge in [-0.1, -0.05) is 18.2 Å². The van der Waals surface area contributed by atoms with Crippen LogP contribution in [-0.2, 0) is 6.42 Å². The van der Waals surface area contributed by atoms with Gasteiger partial charge in [-0.2, -0.15) is 0 Å². The van der Waals surface area contributed by atoms with Crippen molar-refractivity contribution in [2.75, 3.05) is 18.0 Å². The Hall–Kier alpha value is -1.87. The quantitative estimate of drug-likeness (QED) is 0.893. The van der Waals surface area contributed by atoms with Gasteiger partial charge in [-0.25, -0.2) is 0 Å². The summed E-state index contributed by atoms with van der Waals surface area (Å²) in [6, 6.07) is 12.1. The molecule has 2 heterocycles. The number of β-amino-alcohol motifs (C(OH)–C–C–N with tert-alkyl or cyclic N) is 1. The van der Waals surface area contributed by atoms with Crippen molar-refractivity contribution in [1.29, 1.82) is 0 Å². The number of benzene rings is 1. The summed E-state index contributed by atoms with van der Waals surface area (Å²) in [4.78, 5) is 6.22. The molecular weight excluding hydrogens is 224 g/mol. The van der Waals surface area contributed by atoms with Gasteiger partial charge < -0.3 is 10.0 Å². The number of fused-ring (bicyclic) bond motifs is 1. The SMILES string of the molecule is OC(CN1CCc2ccccc21)c1ccncc1. The zero-order valence-corrected chi connectivity index (χ0v) is 10.2. The van der Waals surface area contributed by atoms with Gasteiger partial charge in [0.1, 0.15) is 0 Å². The highest BCUT2D eigenvalue weighted by Crippen LogP contribution is 2.29.